The van der Waals surface area contributed by atoms with Gasteiger partial charge in [-0.25, -0.2) is 9.78 Å². The predicted octanol–water partition coefficient (Wildman–Crippen LogP) is 2.53. The Morgan fingerprint density at radius 1 is 1.04 bits per heavy atom. The van der Waals surface area contributed by atoms with Gasteiger partial charge in [0.15, 0.2) is 0 Å². The summed E-state index contributed by atoms with van der Waals surface area (Å²) >= 11 is 0. The molecule has 2 N–H and O–H groups in total. The summed E-state index contributed by atoms with van der Waals surface area (Å²) in [5.74, 6) is 0.862. The van der Waals surface area contributed by atoms with Crippen LogP contribution < -0.4 is 15.5 Å². The van der Waals surface area contributed by atoms with Crippen LogP contribution in [0.15, 0.2) is 24.4 Å². The fraction of sp³-hybridized carbons (Fsp3) is 0.667. The lowest BCUT2D eigenvalue weighted by atomic mass is 9.96. The van der Waals surface area contributed by atoms with Gasteiger partial charge in [-0.05, 0) is 31.9 Å². The molecule has 2 heterocycles. The van der Waals surface area contributed by atoms with Crippen molar-refractivity contribution in [1.82, 2.24) is 20.5 Å². The maximum absolute atomic E-state index is 12.5. The van der Waals surface area contributed by atoms with Gasteiger partial charge in [0.2, 0.25) is 5.91 Å². The Morgan fingerprint density at radius 3 is 2.36 bits per heavy atom. The molecule has 1 aliphatic carbocycles. The molecular formula is C21H33N5O2. The first-order chi connectivity index (χ1) is 13.6. The van der Waals surface area contributed by atoms with Crippen LogP contribution >= 0.6 is 0 Å². The molecule has 0 radical (unpaired) electrons. The predicted molar refractivity (Wildman–Crippen MR) is 110 cm³/mol. The lowest BCUT2D eigenvalue weighted by molar-refractivity contribution is -0.123. The zero-order valence-electron chi connectivity index (χ0n) is 16.9. The fourth-order valence-electron chi connectivity index (χ4n) is 3.95. The molecule has 2 fully saturated rings. The van der Waals surface area contributed by atoms with Crippen LogP contribution in [-0.2, 0) is 4.79 Å². The number of hydrogen-bond acceptors (Lipinski definition) is 4. The average molecular weight is 388 g/mol. The second-order valence-corrected chi connectivity index (χ2v) is 7.88. The summed E-state index contributed by atoms with van der Waals surface area (Å²) in [7, 11) is 0. The van der Waals surface area contributed by atoms with Crippen molar-refractivity contribution in [3.8, 4) is 0 Å². The second kappa shape index (κ2) is 10.3. The maximum atomic E-state index is 12.5. The molecule has 1 aromatic heterocycles. The number of hydrogen-bond donors (Lipinski definition) is 2. The van der Waals surface area contributed by atoms with Crippen LogP contribution in [-0.4, -0.2) is 60.1 Å². The highest BCUT2D eigenvalue weighted by atomic mass is 16.2. The van der Waals surface area contributed by atoms with E-state index in [-0.39, 0.29) is 18.0 Å². The van der Waals surface area contributed by atoms with E-state index in [0.29, 0.717) is 13.1 Å². The summed E-state index contributed by atoms with van der Waals surface area (Å²) < 4.78 is 0. The Hall–Kier alpha value is -2.31. The lowest BCUT2D eigenvalue weighted by Crippen LogP contribution is -2.56. The highest BCUT2D eigenvalue weighted by Crippen LogP contribution is 2.17. The molecule has 1 aliphatic heterocycles. The number of carbonyl (C=O) groups is 2. The van der Waals surface area contributed by atoms with E-state index in [0.717, 1.165) is 31.7 Å². The Kier molecular flexibility index (Phi) is 7.51. The third-order valence-corrected chi connectivity index (χ3v) is 5.72. The number of aromatic nitrogens is 1. The van der Waals surface area contributed by atoms with Crippen LogP contribution in [0.4, 0.5) is 10.6 Å². The number of rotatable bonds is 4. The average Bonchev–Trinajstić information content (AvgIpc) is 2.70. The van der Waals surface area contributed by atoms with Gasteiger partial charge in [0.1, 0.15) is 11.9 Å². The molecule has 1 unspecified atom stereocenters. The zero-order valence-corrected chi connectivity index (χ0v) is 16.9. The smallest absolute Gasteiger partial charge is 0.318 e. The third-order valence-electron chi connectivity index (χ3n) is 5.72. The molecule has 7 heteroatoms. The van der Waals surface area contributed by atoms with E-state index in [1.807, 2.05) is 18.2 Å². The Morgan fingerprint density at radius 2 is 1.71 bits per heavy atom. The summed E-state index contributed by atoms with van der Waals surface area (Å²) in [6.07, 6.45) is 10.0. The molecule has 154 valence electrons. The highest BCUT2D eigenvalue weighted by molar-refractivity contribution is 5.86. The molecule has 0 spiro atoms. The van der Waals surface area contributed by atoms with E-state index in [1.165, 1.54) is 32.1 Å². The van der Waals surface area contributed by atoms with Crippen LogP contribution in [0.3, 0.4) is 0 Å². The second-order valence-electron chi connectivity index (χ2n) is 7.88. The first-order valence-corrected chi connectivity index (χ1v) is 10.7. The lowest BCUT2D eigenvalue weighted by Gasteiger charge is -2.35. The van der Waals surface area contributed by atoms with Crippen molar-refractivity contribution in [3.05, 3.63) is 24.4 Å². The number of urea groups is 1. The Bertz CT molecular complexity index is 623. The van der Waals surface area contributed by atoms with Crippen molar-refractivity contribution in [3.63, 3.8) is 0 Å². The van der Waals surface area contributed by atoms with Gasteiger partial charge in [-0.2, -0.15) is 0 Å². The first-order valence-electron chi connectivity index (χ1n) is 10.7. The number of nitrogens with one attached hydrogen (secondary N) is 2. The SMILES string of the molecule is CC(NC(=O)N1CCN(c2ccccn2)CC1)C(=O)NC1CCCCCCC1. The Labute approximate surface area is 167 Å². The Balaban J connectivity index is 1.42. The van der Waals surface area contributed by atoms with Crippen molar-refractivity contribution in [1.29, 1.82) is 0 Å². The van der Waals surface area contributed by atoms with Crippen molar-refractivity contribution in [2.24, 2.45) is 0 Å². The van der Waals surface area contributed by atoms with E-state index in [2.05, 4.69) is 20.5 Å². The number of piperazine rings is 1. The van der Waals surface area contributed by atoms with Gasteiger partial charge >= 0.3 is 6.03 Å². The summed E-state index contributed by atoms with van der Waals surface area (Å²) in [5.41, 5.74) is 0. The number of carbonyl (C=O) groups excluding carboxylic acids is 2. The van der Waals surface area contributed by atoms with Crippen molar-refractivity contribution < 1.29 is 9.59 Å². The first kappa shape index (κ1) is 20.4. The van der Waals surface area contributed by atoms with Gasteiger partial charge in [-0.1, -0.05) is 38.2 Å². The van der Waals surface area contributed by atoms with Crippen LogP contribution in [0.2, 0.25) is 0 Å². The van der Waals surface area contributed by atoms with Crippen LogP contribution in [0.5, 0.6) is 0 Å². The molecule has 1 saturated carbocycles. The van der Waals surface area contributed by atoms with E-state index < -0.39 is 6.04 Å². The van der Waals surface area contributed by atoms with Gasteiger partial charge in [-0.3, -0.25) is 4.79 Å². The van der Waals surface area contributed by atoms with Gasteiger partial charge in [-0.15, -0.1) is 0 Å². The highest BCUT2D eigenvalue weighted by Gasteiger charge is 2.25. The maximum Gasteiger partial charge on any atom is 0.318 e. The quantitative estimate of drug-likeness (QED) is 0.832. The minimum absolute atomic E-state index is 0.0777. The largest absolute Gasteiger partial charge is 0.353 e. The molecule has 1 aromatic rings. The topological polar surface area (TPSA) is 77.6 Å². The van der Waals surface area contributed by atoms with E-state index in [1.54, 1.807) is 18.0 Å². The summed E-state index contributed by atoms with van der Waals surface area (Å²) in [6.45, 7) is 4.50. The number of pyridine rings is 1. The van der Waals surface area contributed by atoms with Gasteiger partial charge in [0, 0.05) is 38.4 Å². The number of anilines is 1. The fourth-order valence-corrected chi connectivity index (χ4v) is 3.95. The van der Waals surface area contributed by atoms with Crippen LogP contribution in [0.1, 0.15) is 51.9 Å². The monoisotopic (exact) mass is 387 g/mol. The van der Waals surface area contributed by atoms with Crippen molar-refractivity contribution >= 4 is 17.8 Å². The molecule has 0 bridgehead atoms. The van der Waals surface area contributed by atoms with E-state index >= 15 is 0 Å². The van der Waals surface area contributed by atoms with Gasteiger partial charge < -0.3 is 20.4 Å². The third kappa shape index (κ3) is 5.84. The summed E-state index contributed by atoms with van der Waals surface area (Å²) in [6, 6.07) is 5.41. The summed E-state index contributed by atoms with van der Waals surface area (Å²) in [4.78, 5) is 33.4. The molecule has 3 amide bonds. The van der Waals surface area contributed by atoms with Crippen molar-refractivity contribution in [2.45, 2.75) is 64.0 Å². The molecule has 3 rings (SSSR count). The van der Waals surface area contributed by atoms with Gasteiger partial charge in [0.05, 0.1) is 0 Å². The molecule has 28 heavy (non-hydrogen) atoms. The van der Waals surface area contributed by atoms with E-state index in [4.69, 9.17) is 0 Å². The van der Waals surface area contributed by atoms with Gasteiger partial charge in [0.25, 0.3) is 0 Å². The van der Waals surface area contributed by atoms with Crippen LogP contribution in [0.25, 0.3) is 0 Å². The normalized spacial score (nSPS) is 20.0. The minimum Gasteiger partial charge on any atom is -0.353 e. The standard InChI is InChI=1S/C21H33N5O2/c1-17(20(27)24-18-9-5-3-2-4-6-10-18)23-21(28)26-15-13-25(14-16-26)19-11-7-8-12-22-19/h7-8,11-12,17-18H,2-6,9-10,13-16H2,1H3,(H,23,28)(H,24,27). The number of amides is 3. The molecule has 2 aliphatic rings. The minimum atomic E-state index is -0.522. The van der Waals surface area contributed by atoms with E-state index in [9.17, 15) is 9.59 Å². The molecule has 7 nitrogen and oxygen atoms in total. The molecule has 1 saturated heterocycles. The summed E-state index contributed by atoms with van der Waals surface area (Å²) in [5, 5.41) is 6.00. The van der Waals surface area contributed by atoms with Crippen molar-refractivity contribution in [2.75, 3.05) is 31.1 Å². The molecule has 0 aromatic carbocycles. The molecular weight excluding hydrogens is 354 g/mol. The van der Waals surface area contributed by atoms with Crippen LogP contribution in [0, 0.1) is 0 Å². The molecule has 1 atom stereocenters. The number of nitrogens with zero attached hydrogens (tertiary/aromatic N) is 3. The zero-order chi connectivity index (χ0) is 19.8.